The average molecular weight is 882 g/mol. The highest BCUT2D eigenvalue weighted by Crippen LogP contribution is 2.67. The maximum atomic E-state index is 7.58. The van der Waals surface area contributed by atoms with Crippen molar-refractivity contribution in [1.82, 2.24) is 0 Å². The van der Waals surface area contributed by atoms with E-state index in [9.17, 15) is 0 Å². The van der Waals surface area contributed by atoms with Crippen molar-refractivity contribution in [2.75, 3.05) is 4.90 Å². The van der Waals surface area contributed by atoms with E-state index < -0.39 is 5.41 Å². The second-order valence-corrected chi connectivity index (χ2v) is 19.3. The molecule has 68 heavy (non-hydrogen) atoms. The average Bonchev–Trinajstić information content (AvgIpc) is 3.93. The summed E-state index contributed by atoms with van der Waals surface area (Å²) < 4.78 is 10.2. The van der Waals surface area contributed by atoms with Crippen LogP contribution in [0.5, 0.6) is 11.5 Å². The lowest BCUT2D eigenvalue weighted by molar-refractivity contribution is 0.451. The molecule has 15 rings (SSSR count). The van der Waals surface area contributed by atoms with Gasteiger partial charge in [0.1, 0.15) is 11.5 Å². The molecule has 1 spiro atoms. The highest BCUT2D eigenvalue weighted by Gasteiger charge is 2.53. The van der Waals surface area contributed by atoms with Crippen LogP contribution < -0.4 is 9.64 Å². The fraction of sp³-hybridized carbons (Fsp3) is 0.0154. The van der Waals surface area contributed by atoms with E-state index in [1.807, 2.05) is 11.3 Å². The molecule has 2 aliphatic rings. The third-order valence-corrected chi connectivity index (χ3v) is 16.0. The van der Waals surface area contributed by atoms with E-state index in [0.717, 1.165) is 39.2 Å². The van der Waals surface area contributed by atoms with Crippen molar-refractivity contribution in [3.8, 4) is 33.8 Å². The Bertz CT molecular complexity index is 4140. The van der Waals surface area contributed by atoms with Gasteiger partial charge < -0.3 is 9.64 Å². The largest absolute Gasteiger partial charge is 0.455 e. The van der Waals surface area contributed by atoms with E-state index in [1.165, 1.54) is 97.1 Å². The lowest BCUT2D eigenvalue weighted by Crippen LogP contribution is -2.33. The van der Waals surface area contributed by atoms with Crippen LogP contribution >= 0.6 is 11.3 Å². The first-order valence-corrected chi connectivity index (χ1v) is 24.2. The highest BCUT2D eigenvalue weighted by atomic mass is 32.1. The summed E-state index contributed by atoms with van der Waals surface area (Å²) in [6.45, 7) is 0. The minimum absolute atomic E-state index is 0.714. The molecule has 1 aliphatic carbocycles. The van der Waals surface area contributed by atoms with Gasteiger partial charge in [0.25, 0.3) is 0 Å². The number of nitrogens with zero attached hydrogens (tertiary/aromatic N) is 1. The fourth-order valence-corrected chi connectivity index (χ4v) is 13.3. The molecular weight excluding hydrogens is 843 g/mol. The van der Waals surface area contributed by atoms with Gasteiger partial charge in [0.05, 0.1) is 11.1 Å². The van der Waals surface area contributed by atoms with Gasteiger partial charge in [-0.3, -0.25) is 0 Å². The number of benzene rings is 12. The van der Waals surface area contributed by atoms with Crippen molar-refractivity contribution in [1.29, 1.82) is 0 Å². The van der Waals surface area contributed by atoms with Crippen LogP contribution in [0.4, 0.5) is 17.1 Å². The number of thiophene rings is 1. The summed E-state index contributed by atoms with van der Waals surface area (Å²) in [4.78, 5) is 2.43. The Morgan fingerprint density at radius 1 is 0.338 bits per heavy atom. The van der Waals surface area contributed by atoms with Gasteiger partial charge in [0, 0.05) is 53.4 Å². The zero-order chi connectivity index (χ0) is 44.5. The Morgan fingerprint density at radius 3 is 1.53 bits per heavy atom. The number of rotatable bonds is 4. The summed E-state index contributed by atoms with van der Waals surface area (Å²) in [7, 11) is 0. The molecule has 1 aromatic heterocycles. The van der Waals surface area contributed by atoms with Crippen LogP contribution in [0.2, 0.25) is 0 Å². The van der Waals surface area contributed by atoms with Gasteiger partial charge in [-0.05, 0) is 114 Å². The van der Waals surface area contributed by atoms with E-state index in [0.29, 0.717) is 0 Å². The Kier molecular flexibility index (Phi) is 7.90. The van der Waals surface area contributed by atoms with Crippen molar-refractivity contribution in [2.24, 2.45) is 0 Å². The van der Waals surface area contributed by atoms with Gasteiger partial charge in [-0.25, -0.2) is 0 Å². The SMILES string of the molecule is c1ccc(N(c2cccc(-c3ccc4c(c3)-c3ccccc3C43c4c(c5ccccc5c5ccccc45)Oc4c3c3ccccc3c3ccccc43)c2)c2cccc3sc4ccccc4c23)cc1. The summed E-state index contributed by atoms with van der Waals surface area (Å²) in [6.07, 6.45) is 0. The Hall–Kier alpha value is -8.50. The maximum Gasteiger partial charge on any atom is 0.140 e. The quantitative estimate of drug-likeness (QED) is 0.163. The summed E-state index contributed by atoms with van der Waals surface area (Å²) in [6, 6.07) is 87.4. The molecule has 316 valence electrons. The van der Waals surface area contributed by atoms with E-state index in [1.54, 1.807) is 0 Å². The zero-order valence-electron chi connectivity index (χ0n) is 36.8. The normalized spacial score (nSPS) is 13.2. The van der Waals surface area contributed by atoms with Crippen LogP contribution in [0.1, 0.15) is 22.3 Å². The molecular formula is C65H39NOS. The molecule has 0 radical (unpaired) electrons. The van der Waals surface area contributed by atoms with Crippen LogP contribution in [0.3, 0.4) is 0 Å². The zero-order valence-corrected chi connectivity index (χ0v) is 37.6. The van der Waals surface area contributed by atoms with Crippen molar-refractivity contribution < 1.29 is 4.74 Å². The van der Waals surface area contributed by atoms with Crippen molar-refractivity contribution in [2.45, 2.75) is 5.41 Å². The molecule has 0 N–H and O–H groups in total. The van der Waals surface area contributed by atoms with Crippen molar-refractivity contribution >= 4 is 91.7 Å². The molecule has 0 atom stereocenters. The molecule has 0 bridgehead atoms. The standard InChI is InChI=1S/C65H39NOS/c1-2-19-42(20-3-1)66(57-33-17-35-59-60(57)53-31-13-15-34-58(53)68-59)43-21-16-18-40(38-43)41-36-37-56-54(39-41)48-26-12-14-32-55(48)65(56)61-49-27-8-4-22-44(49)46-24-6-10-29-51(46)63(61)67-64-52-30-11-7-25-47(52)45-23-5-9-28-50(45)62(64)65/h1-39H. The molecule has 0 amide bonds. The summed E-state index contributed by atoms with van der Waals surface area (Å²) in [5.41, 5.74) is 12.5. The van der Waals surface area contributed by atoms with Crippen LogP contribution in [0.15, 0.2) is 237 Å². The molecule has 3 heteroatoms. The smallest absolute Gasteiger partial charge is 0.140 e. The van der Waals surface area contributed by atoms with Crippen molar-refractivity contribution in [3.05, 3.63) is 259 Å². The van der Waals surface area contributed by atoms with E-state index in [-0.39, 0.29) is 0 Å². The lowest BCUT2D eigenvalue weighted by atomic mass is 9.63. The van der Waals surface area contributed by atoms with Gasteiger partial charge in [0.15, 0.2) is 0 Å². The first-order chi connectivity index (χ1) is 33.8. The lowest BCUT2D eigenvalue weighted by Gasteiger charge is -2.42. The van der Waals surface area contributed by atoms with Crippen molar-refractivity contribution in [3.63, 3.8) is 0 Å². The molecule has 2 heterocycles. The molecule has 0 unspecified atom stereocenters. The van der Waals surface area contributed by atoms with E-state index in [2.05, 4.69) is 241 Å². The Labute approximate surface area is 397 Å². The van der Waals surface area contributed by atoms with Gasteiger partial charge in [-0.1, -0.05) is 188 Å². The molecule has 0 fully saturated rings. The fourth-order valence-electron chi connectivity index (χ4n) is 12.2. The summed E-state index contributed by atoms with van der Waals surface area (Å²) >= 11 is 1.86. The minimum Gasteiger partial charge on any atom is -0.455 e. The van der Waals surface area contributed by atoms with Gasteiger partial charge in [-0.2, -0.15) is 0 Å². The second-order valence-electron chi connectivity index (χ2n) is 18.2. The minimum atomic E-state index is -0.714. The summed E-state index contributed by atoms with van der Waals surface area (Å²) in [5, 5.41) is 12.1. The van der Waals surface area contributed by atoms with Crippen LogP contribution in [0, 0.1) is 0 Å². The molecule has 0 saturated carbocycles. The predicted molar refractivity (Wildman–Crippen MR) is 287 cm³/mol. The summed E-state index contributed by atoms with van der Waals surface area (Å²) in [5.74, 6) is 1.86. The molecule has 0 saturated heterocycles. The Balaban J connectivity index is 1.01. The molecule has 12 aromatic carbocycles. The Morgan fingerprint density at radius 2 is 0.838 bits per heavy atom. The molecule has 13 aromatic rings. The van der Waals surface area contributed by atoms with E-state index >= 15 is 0 Å². The number of fused-ring (bicyclic) bond motifs is 22. The predicted octanol–water partition coefficient (Wildman–Crippen LogP) is 18.3. The van der Waals surface area contributed by atoms with Crippen LogP contribution in [-0.2, 0) is 5.41 Å². The topological polar surface area (TPSA) is 12.5 Å². The first-order valence-electron chi connectivity index (χ1n) is 23.4. The van der Waals surface area contributed by atoms with E-state index in [4.69, 9.17) is 4.74 Å². The molecule has 2 nitrogen and oxygen atoms in total. The third-order valence-electron chi connectivity index (χ3n) is 14.8. The van der Waals surface area contributed by atoms with Crippen LogP contribution in [0.25, 0.3) is 85.5 Å². The third kappa shape index (κ3) is 5.06. The highest BCUT2D eigenvalue weighted by molar-refractivity contribution is 7.26. The van der Waals surface area contributed by atoms with Crippen LogP contribution in [-0.4, -0.2) is 0 Å². The first kappa shape index (κ1) is 37.7. The van der Waals surface area contributed by atoms with Gasteiger partial charge >= 0.3 is 0 Å². The number of ether oxygens (including phenoxy) is 1. The number of hydrogen-bond donors (Lipinski definition) is 0. The number of anilines is 3. The van der Waals surface area contributed by atoms with Gasteiger partial charge in [0.2, 0.25) is 0 Å². The monoisotopic (exact) mass is 881 g/mol. The number of hydrogen-bond acceptors (Lipinski definition) is 3. The maximum absolute atomic E-state index is 7.58. The van der Waals surface area contributed by atoms with Gasteiger partial charge in [-0.15, -0.1) is 11.3 Å². The molecule has 1 aliphatic heterocycles. The number of para-hydroxylation sites is 1. The second kappa shape index (κ2) is 14.3.